The first-order valence-corrected chi connectivity index (χ1v) is 14.4. The Morgan fingerprint density at radius 1 is 1.00 bits per heavy atom. The Bertz CT molecular complexity index is 1620. The molecular weight excluding hydrogens is 538 g/mol. The minimum atomic E-state index is -0.787. The van der Waals surface area contributed by atoms with Crippen LogP contribution in [-0.2, 0) is 27.9 Å². The molecule has 222 valence electrons. The van der Waals surface area contributed by atoms with Gasteiger partial charge in [-0.2, -0.15) is 0 Å². The number of benzene rings is 2. The van der Waals surface area contributed by atoms with Crippen molar-refractivity contribution in [3.8, 4) is 5.75 Å². The number of methoxy groups -OCH3 is 1. The van der Waals surface area contributed by atoms with Gasteiger partial charge in [-0.1, -0.05) is 18.2 Å². The van der Waals surface area contributed by atoms with Crippen LogP contribution in [0.15, 0.2) is 47.3 Å². The van der Waals surface area contributed by atoms with Crippen molar-refractivity contribution in [1.29, 1.82) is 0 Å². The Labute approximate surface area is 244 Å². The molecule has 3 aliphatic heterocycles. The molecule has 3 atom stereocenters. The standard InChI is InChI=1S/C31H37N5O6/c1-31(2,3)42-30(40)34-18-20-15-21(34)17-33(20)23-7-6-8-24-27(23)32(4)29(39)36(24)25-13-14-26(37)35(28(25)38)16-19-9-11-22(41-5)12-10-19/h6-12,20-21,25H,13-18H2,1-5H3/t20-,21-,25?/m0/s1. The third-order valence-corrected chi connectivity index (χ3v) is 8.55. The predicted molar refractivity (Wildman–Crippen MR) is 156 cm³/mol. The first-order valence-electron chi connectivity index (χ1n) is 14.4. The molecule has 0 aliphatic carbocycles. The summed E-state index contributed by atoms with van der Waals surface area (Å²) in [5.74, 6) is 0.0637. The monoisotopic (exact) mass is 575 g/mol. The van der Waals surface area contributed by atoms with Gasteiger partial charge in [0.25, 0.3) is 5.91 Å². The van der Waals surface area contributed by atoms with Gasteiger partial charge in [-0.05, 0) is 63.4 Å². The second kappa shape index (κ2) is 10.2. The highest BCUT2D eigenvalue weighted by Crippen LogP contribution is 2.39. The molecule has 1 unspecified atom stereocenters. The van der Waals surface area contributed by atoms with E-state index in [1.165, 1.54) is 4.90 Å². The Morgan fingerprint density at radius 2 is 1.74 bits per heavy atom. The summed E-state index contributed by atoms with van der Waals surface area (Å²) in [4.78, 5) is 58.5. The average Bonchev–Trinajstić information content (AvgIpc) is 3.63. The van der Waals surface area contributed by atoms with Crippen molar-refractivity contribution in [2.75, 3.05) is 25.1 Å². The molecule has 3 aliphatic rings. The summed E-state index contributed by atoms with van der Waals surface area (Å²) < 4.78 is 14.0. The number of imidazole rings is 1. The Hall–Kier alpha value is -4.28. The number of carbonyl (C=O) groups is 3. The van der Waals surface area contributed by atoms with Gasteiger partial charge in [0.2, 0.25) is 5.91 Å². The minimum absolute atomic E-state index is 0.0247. The number of piperazine rings is 1. The maximum atomic E-state index is 13.8. The third kappa shape index (κ3) is 4.70. The lowest BCUT2D eigenvalue weighted by atomic mass is 10.0. The van der Waals surface area contributed by atoms with Crippen molar-refractivity contribution in [1.82, 2.24) is 18.9 Å². The lowest BCUT2D eigenvalue weighted by molar-refractivity contribution is -0.151. The van der Waals surface area contributed by atoms with Crippen LogP contribution in [0.1, 0.15) is 51.6 Å². The van der Waals surface area contributed by atoms with E-state index in [9.17, 15) is 19.2 Å². The second-order valence-corrected chi connectivity index (χ2v) is 12.4. The van der Waals surface area contributed by atoms with Crippen molar-refractivity contribution >= 4 is 34.6 Å². The molecule has 3 fully saturated rings. The number of ether oxygens (including phenoxy) is 2. The topological polar surface area (TPSA) is 106 Å². The van der Waals surface area contributed by atoms with Gasteiger partial charge in [0.15, 0.2) is 0 Å². The molecule has 0 N–H and O–H groups in total. The zero-order valence-electron chi connectivity index (χ0n) is 24.7. The maximum absolute atomic E-state index is 13.8. The summed E-state index contributed by atoms with van der Waals surface area (Å²) in [6.45, 7) is 6.91. The molecule has 11 heteroatoms. The van der Waals surface area contributed by atoms with Crippen LogP contribution >= 0.6 is 0 Å². The summed E-state index contributed by atoms with van der Waals surface area (Å²) in [5.41, 5.74) is 2.24. The number of carbonyl (C=O) groups excluding carboxylic acids is 3. The highest BCUT2D eigenvalue weighted by molar-refractivity contribution is 6.00. The fourth-order valence-electron chi connectivity index (χ4n) is 6.60. The molecule has 11 nitrogen and oxygen atoms in total. The number of hydrogen-bond donors (Lipinski definition) is 0. The first kappa shape index (κ1) is 27.9. The largest absolute Gasteiger partial charge is 0.497 e. The lowest BCUT2D eigenvalue weighted by Gasteiger charge is -2.36. The number of anilines is 1. The van der Waals surface area contributed by atoms with Crippen molar-refractivity contribution in [3.05, 3.63) is 58.5 Å². The van der Waals surface area contributed by atoms with Gasteiger partial charge in [-0.15, -0.1) is 0 Å². The number of amides is 3. The summed E-state index contributed by atoms with van der Waals surface area (Å²) >= 11 is 0. The molecule has 0 spiro atoms. The van der Waals surface area contributed by atoms with Crippen LogP contribution in [0.3, 0.4) is 0 Å². The number of rotatable bonds is 5. The van der Waals surface area contributed by atoms with Crippen molar-refractivity contribution in [3.63, 3.8) is 0 Å². The molecule has 1 aromatic heterocycles. The Morgan fingerprint density at radius 3 is 2.38 bits per heavy atom. The van der Waals surface area contributed by atoms with E-state index >= 15 is 0 Å². The van der Waals surface area contributed by atoms with E-state index in [1.54, 1.807) is 35.4 Å². The number of likely N-dealkylation sites (tertiary alicyclic amines) is 2. The fraction of sp³-hybridized carbons (Fsp3) is 0.484. The normalized spacial score (nSPS) is 22.4. The van der Waals surface area contributed by atoms with Crippen molar-refractivity contribution in [2.24, 2.45) is 7.05 Å². The van der Waals surface area contributed by atoms with E-state index in [0.717, 1.165) is 23.2 Å². The highest BCUT2D eigenvalue weighted by Gasteiger charge is 2.47. The van der Waals surface area contributed by atoms with E-state index < -0.39 is 11.6 Å². The molecule has 6 rings (SSSR count). The molecule has 0 radical (unpaired) electrons. The van der Waals surface area contributed by atoms with Gasteiger partial charge in [0, 0.05) is 32.6 Å². The summed E-state index contributed by atoms with van der Waals surface area (Å²) in [5, 5.41) is 0. The number of aromatic nitrogens is 2. The second-order valence-electron chi connectivity index (χ2n) is 12.4. The zero-order valence-corrected chi connectivity index (χ0v) is 24.7. The number of imide groups is 1. The molecular formula is C31H37N5O6. The molecule has 0 saturated carbocycles. The minimum Gasteiger partial charge on any atom is -0.497 e. The van der Waals surface area contributed by atoms with Gasteiger partial charge in [-0.25, -0.2) is 9.59 Å². The first-order chi connectivity index (χ1) is 20.0. The van der Waals surface area contributed by atoms with E-state index in [-0.39, 0.29) is 55.1 Å². The third-order valence-electron chi connectivity index (χ3n) is 8.55. The van der Waals surface area contributed by atoms with Gasteiger partial charge >= 0.3 is 11.8 Å². The number of hydrogen-bond acceptors (Lipinski definition) is 7. The van der Waals surface area contributed by atoms with Gasteiger partial charge in [0.05, 0.1) is 36.4 Å². The van der Waals surface area contributed by atoms with Crippen LogP contribution in [0.4, 0.5) is 10.5 Å². The van der Waals surface area contributed by atoms with Crippen LogP contribution in [0.25, 0.3) is 11.0 Å². The zero-order chi connectivity index (χ0) is 29.9. The highest BCUT2D eigenvalue weighted by atomic mass is 16.6. The number of nitrogens with zero attached hydrogens (tertiary/aromatic N) is 5. The molecule has 2 bridgehead atoms. The van der Waals surface area contributed by atoms with Crippen molar-refractivity contribution in [2.45, 2.75) is 70.3 Å². The van der Waals surface area contributed by atoms with Gasteiger partial charge in [-0.3, -0.25) is 23.6 Å². The predicted octanol–water partition coefficient (Wildman–Crippen LogP) is 3.44. The van der Waals surface area contributed by atoms with Crippen LogP contribution < -0.4 is 15.3 Å². The summed E-state index contributed by atoms with van der Waals surface area (Å²) in [7, 11) is 3.30. The van der Waals surface area contributed by atoms with Gasteiger partial charge < -0.3 is 19.3 Å². The summed E-state index contributed by atoms with van der Waals surface area (Å²) in [6.07, 6.45) is 0.967. The SMILES string of the molecule is COc1ccc(CN2C(=O)CCC(n3c(=O)n(C)c4c(N5C[C@@H]6C[C@H]5CN6C(=O)OC(C)(C)C)cccc43)C2=O)cc1. The Kier molecular flexibility index (Phi) is 6.78. The van der Waals surface area contributed by atoms with E-state index in [0.29, 0.717) is 24.4 Å². The van der Waals surface area contributed by atoms with Crippen LogP contribution in [0, 0.1) is 0 Å². The smallest absolute Gasteiger partial charge is 0.410 e. The lowest BCUT2D eigenvalue weighted by Crippen LogP contribution is -2.50. The molecule has 3 amide bonds. The maximum Gasteiger partial charge on any atom is 0.410 e. The number of aryl methyl sites for hydroxylation is 1. The molecule has 2 aromatic carbocycles. The van der Waals surface area contributed by atoms with Crippen molar-refractivity contribution < 1.29 is 23.9 Å². The van der Waals surface area contributed by atoms with E-state index in [2.05, 4.69) is 4.90 Å². The molecule has 42 heavy (non-hydrogen) atoms. The fourth-order valence-corrected chi connectivity index (χ4v) is 6.60. The molecule has 3 saturated heterocycles. The van der Waals surface area contributed by atoms with E-state index in [1.807, 2.05) is 56.0 Å². The quantitative estimate of drug-likeness (QED) is 0.429. The number of para-hydroxylation sites is 1. The molecule has 4 heterocycles. The van der Waals surface area contributed by atoms with Crippen LogP contribution in [0.2, 0.25) is 0 Å². The van der Waals surface area contributed by atoms with Crippen LogP contribution in [-0.4, -0.2) is 74.7 Å². The number of fused-ring (bicyclic) bond motifs is 3. The summed E-state index contributed by atoms with van der Waals surface area (Å²) in [6, 6.07) is 12.3. The van der Waals surface area contributed by atoms with E-state index in [4.69, 9.17) is 9.47 Å². The average molecular weight is 576 g/mol. The molecule has 3 aromatic rings. The number of piperidine rings is 1. The Balaban J connectivity index is 1.28. The van der Waals surface area contributed by atoms with Gasteiger partial charge in [0.1, 0.15) is 17.4 Å². The van der Waals surface area contributed by atoms with Crippen LogP contribution in [0.5, 0.6) is 5.75 Å².